The van der Waals surface area contributed by atoms with Crippen molar-refractivity contribution in [3.05, 3.63) is 107 Å². The fourth-order valence-electron chi connectivity index (χ4n) is 2.92. The van der Waals surface area contributed by atoms with Crippen molar-refractivity contribution in [3.63, 3.8) is 0 Å². The van der Waals surface area contributed by atoms with E-state index >= 15 is 0 Å². The highest BCUT2D eigenvalue weighted by Crippen LogP contribution is 2.35. The van der Waals surface area contributed by atoms with Crippen molar-refractivity contribution in [2.45, 2.75) is 0 Å². The number of nitrogens with zero attached hydrogens (tertiary/aromatic N) is 2. The molecule has 0 radical (unpaired) electrons. The van der Waals surface area contributed by atoms with Crippen molar-refractivity contribution >= 4 is 35.0 Å². The monoisotopic (exact) mass is 358 g/mol. The van der Waals surface area contributed by atoms with Crippen molar-refractivity contribution in [2.75, 3.05) is 4.90 Å². The van der Waals surface area contributed by atoms with Crippen LogP contribution in [0.4, 0.5) is 5.69 Å². The molecule has 0 atom stereocenters. The summed E-state index contributed by atoms with van der Waals surface area (Å²) in [6.07, 6.45) is 7.18. The maximum atomic E-state index is 13.1. The highest BCUT2D eigenvalue weighted by atomic mass is 35.5. The summed E-state index contributed by atoms with van der Waals surface area (Å²) in [7, 11) is 0. The van der Waals surface area contributed by atoms with Crippen LogP contribution in [0.15, 0.2) is 90.8 Å². The summed E-state index contributed by atoms with van der Waals surface area (Å²) in [4.78, 5) is 19.0. The molecule has 3 aromatic rings. The van der Waals surface area contributed by atoms with E-state index in [2.05, 4.69) is 4.98 Å². The van der Waals surface area contributed by atoms with Crippen molar-refractivity contribution in [3.8, 4) is 0 Å². The average molecular weight is 359 g/mol. The van der Waals surface area contributed by atoms with E-state index in [0.29, 0.717) is 10.6 Å². The van der Waals surface area contributed by atoms with Crippen LogP contribution >= 0.6 is 11.6 Å². The summed E-state index contributed by atoms with van der Waals surface area (Å²) < 4.78 is 0. The van der Waals surface area contributed by atoms with Crippen LogP contribution in [-0.2, 0) is 4.79 Å². The number of rotatable bonds is 3. The molecule has 1 aliphatic heterocycles. The quantitative estimate of drug-likeness (QED) is 0.602. The molecule has 1 aliphatic rings. The van der Waals surface area contributed by atoms with Gasteiger partial charge in [-0.15, -0.1) is 0 Å². The molecule has 0 saturated carbocycles. The summed E-state index contributed by atoms with van der Waals surface area (Å²) in [6.45, 7) is 0. The number of amides is 1. The molecule has 1 aromatic heterocycles. The second kappa shape index (κ2) is 6.98. The fraction of sp³-hybridized carbons (Fsp3) is 0. The zero-order valence-corrected chi connectivity index (χ0v) is 14.6. The smallest absolute Gasteiger partial charge is 0.263 e. The van der Waals surface area contributed by atoms with Gasteiger partial charge < -0.3 is 0 Å². The minimum Gasteiger partial charge on any atom is -0.275 e. The maximum absolute atomic E-state index is 13.1. The van der Waals surface area contributed by atoms with Gasteiger partial charge in [-0.25, -0.2) is 0 Å². The van der Waals surface area contributed by atoms with Crippen LogP contribution in [0.25, 0.3) is 11.8 Å². The topological polar surface area (TPSA) is 33.2 Å². The molecule has 0 unspecified atom stereocenters. The predicted molar refractivity (Wildman–Crippen MR) is 106 cm³/mol. The lowest BCUT2D eigenvalue weighted by molar-refractivity contribution is -0.113. The van der Waals surface area contributed by atoms with Gasteiger partial charge >= 0.3 is 0 Å². The largest absolute Gasteiger partial charge is 0.275 e. The van der Waals surface area contributed by atoms with Crippen molar-refractivity contribution in [2.24, 2.45) is 0 Å². The van der Waals surface area contributed by atoms with Crippen LogP contribution in [0.3, 0.4) is 0 Å². The third kappa shape index (κ3) is 3.17. The third-order valence-electron chi connectivity index (χ3n) is 4.15. The van der Waals surface area contributed by atoms with Crippen LogP contribution in [0, 0.1) is 0 Å². The van der Waals surface area contributed by atoms with E-state index in [-0.39, 0.29) is 5.91 Å². The molecule has 4 heteroatoms. The Labute approximate surface area is 156 Å². The molecule has 0 fully saturated rings. The second-order valence-electron chi connectivity index (χ2n) is 5.90. The van der Waals surface area contributed by atoms with E-state index in [9.17, 15) is 4.79 Å². The van der Waals surface area contributed by atoms with Gasteiger partial charge in [-0.2, -0.15) is 0 Å². The zero-order valence-electron chi connectivity index (χ0n) is 13.8. The van der Waals surface area contributed by atoms with Crippen molar-refractivity contribution < 1.29 is 4.79 Å². The minimum atomic E-state index is -0.0770. The number of anilines is 1. The molecule has 126 valence electrons. The molecule has 4 rings (SSSR count). The van der Waals surface area contributed by atoms with Crippen LogP contribution in [0.1, 0.15) is 11.1 Å². The van der Waals surface area contributed by atoms with Gasteiger partial charge in [0.15, 0.2) is 0 Å². The summed E-state index contributed by atoms with van der Waals surface area (Å²) in [5.74, 6) is -0.0770. The van der Waals surface area contributed by atoms with E-state index in [1.807, 2.05) is 78.9 Å². The molecule has 0 saturated heterocycles. The first-order valence-corrected chi connectivity index (χ1v) is 8.59. The summed E-state index contributed by atoms with van der Waals surface area (Å²) >= 11 is 6.02. The molecule has 2 aromatic carbocycles. The number of halogens is 1. The Kier molecular flexibility index (Phi) is 4.38. The van der Waals surface area contributed by atoms with Gasteiger partial charge in [0, 0.05) is 16.8 Å². The molecule has 1 amide bonds. The lowest BCUT2D eigenvalue weighted by atomic mass is 10.1. The summed E-state index contributed by atoms with van der Waals surface area (Å²) in [5, 5.41) is 0.659. The molecule has 0 N–H and O–H groups in total. The number of carbonyl (C=O) groups excluding carboxylic acids is 1. The van der Waals surface area contributed by atoms with E-state index < -0.39 is 0 Å². The first kappa shape index (κ1) is 16.3. The van der Waals surface area contributed by atoms with E-state index in [0.717, 1.165) is 22.5 Å². The number of hydrogen-bond acceptors (Lipinski definition) is 2. The molecular formula is C22H15ClN2O. The van der Waals surface area contributed by atoms with E-state index in [1.165, 1.54) is 0 Å². The SMILES string of the molecule is O=C1/C(=C/c2ccccc2)C=C(c2ccc(Cl)cc2)N1c1cccnc1. The standard InChI is InChI=1S/C22H15ClN2O/c23-19-10-8-17(9-11-19)21-14-18(13-16-5-2-1-3-6-16)22(26)25(21)20-7-4-12-24-15-20/h1-15H/b18-13+. The van der Waals surface area contributed by atoms with E-state index in [4.69, 9.17) is 11.6 Å². The minimum absolute atomic E-state index is 0.0770. The molecule has 0 aliphatic carbocycles. The van der Waals surface area contributed by atoms with Gasteiger partial charge in [-0.05, 0) is 47.5 Å². The number of hydrogen-bond donors (Lipinski definition) is 0. The van der Waals surface area contributed by atoms with Gasteiger partial charge in [0.05, 0.1) is 17.6 Å². The zero-order chi connectivity index (χ0) is 17.9. The molecule has 0 spiro atoms. The third-order valence-corrected chi connectivity index (χ3v) is 4.40. The summed E-state index contributed by atoms with van der Waals surface area (Å²) in [5.41, 5.74) is 4.07. The number of benzene rings is 2. The number of carbonyl (C=O) groups is 1. The van der Waals surface area contributed by atoms with Crippen LogP contribution in [0.5, 0.6) is 0 Å². The van der Waals surface area contributed by atoms with Gasteiger partial charge in [0.2, 0.25) is 0 Å². The Balaban J connectivity index is 1.82. The van der Waals surface area contributed by atoms with Gasteiger partial charge in [0.1, 0.15) is 0 Å². The van der Waals surface area contributed by atoms with Gasteiger partial charge in [-0.3, -0.25) is 14.7 Å². The lowest BCUT2D eigenvalue weighted by Gasteiger charge is -2.20. The van der Waals surface area contributed by atoms with Crippen LogP contribution < -0.4 is 4.90 Å². The molecule has 0 bridgehead atoms. The van der Waals surface area contributed by atoms with E-state index in [1.54, 1.807) is 17.3 Å². The molecule has 26 heavy (non-hydrogen) atoms. The Hall–Kier alpha value is -3.17. The average Bonchev–Trinajstić information content (AvgIpc) is 3.00. The second-order valence-corrected chi connectivity index (χ2v) is 6.34. The summed E-state index contributed by atoms with van der Waals surface area (Å²) in [6, 6.07) is 21.0. The number of pyridine rings is 1. The van der Waals surface area contributed by atoms with Crippen molar-refractivity contribution in [1.29, 1.82) is 0 Å². The van der Waals surface area contributed by atoms with Gasteiger partial charge in [0.25, 0.3) is 5.91 Å². The molecule has 3 nitrogen and oxygen atoms in total. The lowest BCUT2D eigenvalue weighted by Crippen LogP contribution is -2.25. The highest BCUT2D eigenvalue weighted by molar-refractivity contribution is 6.30. The normalized spacial score (nSPS) is 15.4. The fourth-order valence-corrected chi connectivity index (χ4v) is 3.05. The molecule has 2 heterocycles. The van der Waals surface area contributed by atoms with Gasteiger partial charge in [-0.1, -0.05) is 54.1 Å². The maximum Gasteiger partial charge on any atom is 0.263 e. The highest BCUT2D eigenvalue weighted by Gasteiger charge is 2.30. The first-order valence-electron chi connectivity index (χ1n) is 8.21. The molecular weight excluding hydrogens is 344 g/mol. The predicted octanol–water partition coefficient (Wildman–Crippen LogP) is 5.21. The van der Waals surface area contributed by atoms with Crippen molar-refractivity contribution in [1.82, 2.24) is 4.98 Å². The van der Waals surface area contributed by atoms with Crippen LogP contribution in [-0.4, -0.2) is 10.9 Å². The number of aromatic nitrogens is 1. The Morgan fingerprint density at radius 1 is 0.923 bits per heavy atom. The Morgan fingerprint density at radius 2 is 1.69 bits per heavy atom. The van der Waals surface area contributed by atoms with Crippen LogP contribution in [0.2, 0.25) is 5.02 Å². The Morgan fingerprint density at radius 3 is 2.38 bits per heavy atom. The Bertz CT molecular complexity index is 993. The first-order chi connectivity index (χ1) is 12.7.